The van der Waals surface area contributed by atoms with Crippen LogP contribution in [0.3, 0.4) is 0 Å². The van der Waals surface area contributed by atoms with Crippen LogP contribution in [-0.4, -0.2) is 25.8 Å². The van der Waals surface area contributed by atoms with E-state index in [0.29, 0.717) is 12.4 Å². The van der Waals surface area contributed by atoms with E-state index in [1.54, 1.807) is 18.3 Å². The lowest BCUT2D eigenvalue weighted by Gasteiger charge is -2.07. The van der Waals surface area contributed by atoms with E-state index in [2.05, 4.69) is 14.5 Å². The van der Waals surface area contributed by atoms with Crippen LogP contribution in [-0.2, 0) is 17.1 Å². The van der Waals surface area contributed by atoms with Crippen molar-refractivity contribution >= 4 is 27.1 Å². The molecule has 3 aromatic carbocycles. The maximum Gasteiger partial charge on any atom is 0.276 e. The lowest BCUT2D eigenvalue weighted by molar-refractivity contribution is 0.340. The Labute approximate surface area is 181 Å². The second kappa shape index (κ2) is 8.65. The molecule has 6 nitrogen and oxygen atoms in total. The first-order chi connectivity index (χ1) is 15.0. The van der Waals surface area contributed by atoms with Gasteiger partial charge in [-0.25, -0.2) is 4.83 Å². The van der Waals surface area contributed by atoms with Gasteiger partial charge in [0.05, 0.1) is 23.4 Å². The second-order valence-corrected chi connectivity index (χ2v) is 8.62. The highest BCUT2D eigenvalue weighted by Crippen LogP contribution is 2.31. The first-order valence-electron chi connectivity index (χ1n) is 9.92. The van der Waals surface area contributed by atoms with Crippen molar-refractivity contribution < 1.29 is 13.2 Å². The van der Waals surface area contributed by atoms with Crippen LogP contribution < -0.4 is 9.57 Å². The summed E-state index contributed by atoms with van der Waals surface area (Å²) in [6.07, 6.45) is 1.57. The first-order valence-corrected chi connectivity index (χ1v) is 11.4. The molecule has 0 unspecified atom stereocenters. The number of fused-ring (bicyclic) bond motifs is 1. The predicted molar refractivity (Wildman–Crippen MR) is 124 cm³/mol. The normalized spacial score (nSPS) is 11.8. The molecule has 0 fully saturated rings. The molecular weight excluding hydrogens is 410 g/mol. The fraction of sp³-hybridized carbons (Fsp3) is 0.125. The van der Waals surface area contributed by atoms with Crippen LogP contribution in [0.4, 0.5) is 0 Å². The number of benzene rings is 3. The molecule has 0 saturated carbocycles. The fourth-order valence-corrected chi connectivity index (χ4v) is 4.38. The summed E-state index contributed by atoms with van der Waals surface area (Å²) in [6.45, 7) is 2.39. The number of hydrogen-bond donors (Lipinski definition) is 1. The molecule has 158 valence electrons. The van der Waals surface area contributed by atoms with Gasteiger partial charge in [-0.3, -0.25) is 0 Å². The number of rotatable bonds is 7. The van der Waals surface area contributed by atoms with Crippen LogP contribution in [0.5, 0.6) is 5.75 Å². The van der Waals surface area contributed by atoms with E-state index in [1.807, 2.05) is 68.6 Å². The SMILES string of the molecule is CCOc1ccc(S(=O)(=O)NN=Cc2c(-c3ccccc3)n(C)c3ccccc23)cc1. The number of aromatic nitrogens is 1. The Hall–Kier alpha value is -3.58. The van der Waals surface area contributed by atoms with Crippen LogP contribution in [0.15, 0.2) is 88.9 Å². The fourth-order valence-electron chi connectivity index (χ4n) is 3.59. The quantitative estimate of drug-likeness (QED) is 0.343. The highest BCUT2D eigenvalue weighted by atomic mass is 32.2. The molecule has 1 aromatic heterocycles. The monoisotopic (exact) mass is 433 g/mol. The summed E-state index contributed by atoms with van der Waals surface area (Å²) in [5.74, 6) is 0.619. The molecule has 31 heavy (non-hydrogen) atoms. The van der Waals surface area contributed by atoms with E-state index < -0.39 is 10.0 Å². The molecule has 0 aliphatic rings. The van der Waals surface area contributed by atoms with Gasteiger partial charge in [0.1, 0.15) is 5.75 Å². The van der Waals surface area contributed by atoms with Gasteiger partial charge in [0.25, 0.3) is 10.0 Å². The molecule has 1 heterocycles. The maximum atomic E-state index is 12.6. The Morgan fingerprint density at radius 1 is 0.968 bits per heavy atom. The summed E-state index contributed by atoms with van der Waals surface area (Å²) in [7, 11) is -1.80. The molecule has 0 radical (unpaired) electrons. The van der Waals surface area contributed by atoms with Crippen molar-refractivity contribution in [1.29, 1.82) is 0 Å². The Kier molecular flexibility index (Phi) is 5.77. The van der Waals surface area contributed by atoms with Crippen molar-refractivity contribution in [2.24, 2.45) is 12.1 Å². The summed E-state index contributed by atoms with van der Waals surface area (Å²) in [6, 6.07) is 24.2. The highest BCUT2D eigenvalue weighted by molar-refractivity contribution is 7.89. The molecule has 4 rings (SSSR count). The van der Waals surface area contributed by atoms with Gasteiger partial charge in [0.2, 0.25) is 0 Å². The van der Waals surface area contributed by atoms with Gasteiger partial charge in [-0.05, 0) is 42.8 Å². The zero-order valence-corrected chi connectivity index (χ0v) is 18.1. The molecule has 0 amide bonds. The Morgan fingerprint density at radius 2 is 1.65 bits per heavy atom. The highest BCUT2D eigenvalue weighted by Gasteiger charge is 2.16. The molecule has 4 aromatic rings. The van der Waals surface area contributed by atoms with Crippen LogP contribution in [0.2, 0.25) is 0 Å². The van der Waals surface area contributed by atoms with Gasteiger partial charge in [0, 0.05) is 23.5 Å². The number of aryl methyl sites for hydroxylation is 1. The minimum Gasteiger partial charge on any atom is -0.494 e. The smallest absolute Gasteiger partial charge is 0.276 e. The molecule has 0 aliphatic carbocycles. The molecule has 0 saturated heterocycles. The summed E-state index contributed by atoms with van der Waals surface area (Å²) in [5.41, 5.74) is 3.87. The molecule has 0 bridgehead atoms. The van der Waals surface area contributed by atoms with Crippen molar-refractivity contribution in [3.63, 3.8) is 0 Å². The van der Waals surface area contributed by atoms with Gasteiger partial charge in [-0.2, -0.15) is 13.5 Å². The van der Waals surface area contributed by atoms with Crippen LogP contribution in [0, 0.1) is 0 Å². The van der Waals surface area contributed by atoms with Crippen molar-refractivity contribution in [2.45, 2.75) is 11.8 Å². The third-order valence-corrected chi connectivity index (χ3v) is 6.24. The summed E-state index contributed by atoms with van der Waals surface area (Å²) in [5, 5.41) is 5.08. The second-order valence-electron chi connectivity index (χ2n) is 6.96. The van der Waals surface area contributed by atoms with Gasteiger partial charge < -0.3 is 9.30 Å². The number of hydrogen-bond acceptors (Lipinski definition) is 4. The third-order valence-electron chi connectivity index (χ3n) is 5.00. The standard InChI is InChI=1S/C24H23N3O3S/c1-3-30-19-13-15-20(16-14-19)31(28,29)26-25-17-22-21-11-7-8-12-23(21)27(2)24(22)18-9-5-4-6-10-18/h4-17,26H,3H2,1-2H3. The largest absolute Gasteiger partial charge is 0.494 e. The Balaban J connectivity index is 1.68. The van der Waals surface area contributed by atoms with Crippen molar-refractivity contribution in [2.75, 3.05) is 6.61 Å². The third kappa shape index (κ3) is 4.18. The van der Waals surface area contributed by atoms with Gasteiger partial charge in [-0.1, -0.05) is 48.5 Å². The predicted octanol–water partition coefficient (Wildman–Crippen LogP) is 4.56. The molecular formula is C24H23N3O3S. The van der Waals surface area contributed by atoms with E-state index in [0.717, 1.165) is 27.7 Å². The van der Waals surface area contributed by atoms with Crippen molar-refractivity contribution in [3.05, 3.63) is 84.4 Å². The minimum absolute atomic E-state index is 0.120. The van der Waals surface area contributed by atoms with Crippen molar-refractivity contribution in [1.82, 2.24) is 9.40 Å². The van der Waals surface area contributed by atoms with Gasteiger partial charge in [0.15, 0.2) is 0 Å². The molecule has 0 spiro atoms. The van der Waals surface area contributed by atoms with Crippen LogP contribution in [0.1, 0.15) is 12.5 Å². The van der Waals surface area contributed by atoms with Gasteiger partial charge in [-0.15, -0.1) is 0 Å². The van der Waals surface area contributed by atoms with E-state index in [9.17, 15) is 8.42 Å². The van der Waals surface area contributed by atoms with Crippen LogP contribution >= 0.6 is 0 Å². The van der Waals surface area contributed by atoms with Crippen LogP contribution in [0.25, 0.3) is 22.2 Å². The molecule has 1 N–H and O–H groups in total. The number of nitrogens with one attached hydrogen (secondary N) is 1. The summed E-state index contributed by atoms with van der Waals surface area (Å²) >= 11 is 0. The number of sulfonamides is 1. The average molecular weight is 434 g/mol. The first kappa shape index (κ1) is 20.7. The maximum absolute atomic E-state index is 12.6. The van der Waals surface area contributed by atoms with Crippen molar-refractivity contribution in [3.8, 4) is 17.0 Å². The molecule has 0 atom stereocenters. The molecule has 7 heteroatoms. The van der Waals surface area contributed by atoms with E-state index in [4.69, 9.17) is 4.74 Å². The zero-order valence-electron chi connectivity index (χ0n) is 17.3. The summed E-state index contributed by atoms with van der Waals surface area (Å²) in [4.78, 5) is 2.44. The summed E-state index contributed by atoms with van der Waals surface area (Å²) < 4.78 is 32.7. The topological polar surface area (TPSA) is 72.7 Å². The number of ether oxygens (including phenoxy) is 1. The van der Waals surface area contributed by atoms with E-state index in [1.165, 1.54) is 12.1 Å². The number of para-hydroxylation sites is 1. The minimum atomic E-state index is -3.80. The van der Waals surface area contributed by atoms with E-state index >= 15 is 0 Å². The average Bonchev–Trinajstić information content (AvgIpc) is 3.07. The van der Waals surface area contributed by atoms with Gasteiger partial charge >= 0.3 is 0 Å². The lowest BCUT2D eigenvalue weighted by atomic mass is 10.1. The van der Waals surface area contributed by atoms with E-state index in [-0.39, 0.29) is 4.90 Å². The molecule has 0 aliphatic heterocycles. The Bertz CT molecular complexity index is 1330. The Morgan fingerprint density at radius 3 is 2.35 bits per heavy atom. The zero-order chi connectivity index (χ0) is 21.8. The number of hydrazone groups is 1. The number of nitrogens with zero attached hydrogens (tertiary/aromatic N) is 2. The lowest BCUT2D eigenvalue weighted by Crippen LogP contribution is -2.18.